The molecule has 1 heterocycles. The van der Waals surface area contributed by atoms with Crippen molar-refractivity contribution in [2.75, 3.05) is 0 Å². The summed E-state index contributed by atoms with van der Waals surface area (Å²) in [6, 6.07) is 11.5. The maximum absolute atomic E-state index is 13.5. The Balaban J connectivity index is 1.88. The van der Waals surface area contributed by atoms with Crippen LogP contribution in [0.25, 0.3) is 10.9 Å². The summed E-state index contributed by atoms with van der Waals surface area (Å²) < 4.78 is 38.1. The smallest absolute Gasteiger partial charge is 0.266 e. The number of sulfonamides is 1. The van der Waals surface area contributed by atoms with E-state index in [1.54, 1.807) is 19.1 Å². The largest absolute Gasteiger partial charge is 0.273 e. The monoisotopic (exact) mass is 373 g/mol. The summed E-state index contributed by atoms with van der Waals surface area (Å²) in [6.45, 7) is 3.53. The van der Waals surface area contributed by atoms with Gasteiger partial charge in [0.25, 0.3) is 15.9 Å². The average Bonchev–Trinajstić information content (AvgIpc) is 2.60. The number of nitrogens with one attached hydrogen (secondary N) is 2. The molecule has 0 unspecified atom stereocenters. The first kappa shape index (κ1) is 18.0. The summed E-state index contributed by atoms with van der Waals surface area (Å²) >= 11 is 0. The van der Waals surface area contributed by atoms with E-state index < -0.39 is 21.7 Å². The zero-order valence-electron chi connectivity index (χ0n) is 14.1. The van der Waals surface area contributed by atoms with Crippen LogP contribution in [0, 0.1) is 19.7 Å². The Kier molecular flexibility index (Phi) is 4.71. The van der Waals surface area contributed by atoms with Crippen LogP contribution >= 0.6 is 0 Å². The number of hydrogen-bond acceptors (Lipinski definition) is 4. The van der Waals surface area contributed by atoms with Crippen molar-refractivity contribution < 1.29 is 17.6 Å². The van der Waals surface area contributed by atoms with Crippen LogP contribution in [0.2, 0.25) is 0 Å². The Morgan fingerprint density at radius 3 is 2.42 bits per heavy atom. The van der Waals surface area contributed by atoms with Gasteiger partial charge in [0.1, 0.15) is 5.82 Å². The Labute approximate surface area is 150 Å². The normalized spacial score (nSPS) is 11.5. The molecule has 3 rings (SSSR count). The Morgan fingerprint density at radius 1 is 1.04 bits per heavy atom. The number of rotatable bonds is 4. The molecule has 0 radical (unpaired) electrons. The van der Waals surface area contributed by atoms with Crippen LogP contribution in [0.3, 0.4) is 0 Å². The first-order chi connectivity index (χ1) is 12.3. The summed E-state index contributed by atoms with van der Waals surface area (Å²) in [7, 11) is -3.92. The third kappa shape index (κ3) is 3.71. The summed E-state index contributed by atoms with van der Waals surface area (Å²) in [5.41, 5.74) is 4.19. The number of nitrogens with zero attached hydrogens (tertiary/aromatic N) is 1. The number of halogens is 1. The molecule has 0 saturated heterocycles. The predicted molar refractivity (Wildman–Crippen MR) is 95.4 cm³/mol. The van der Waals surface area contributed by atoms with Crippen LogP contribution in [0.4, 0.5) is 4.39 Å². The summed E-state index contributed by atoms with van der Waals surface area (Å²) in [5, 5.41) is 0.294. The first-order valence-electron chi connectivity index (χ1n) is 7.72. The van der Waals surface area contributed by atoms with Crippen molar-refractivity contribution >= 4 is 26.8 Å². The topological polar surface area (TPSA) is 88.2 Å². The third-order valence-corrected chi connectivity index (χ3v) is 5.04. The fourth-order valence-electron chi connectivity index (χ4n) is 2.48. The molecule has 1 aromatic heterocycles. The molecule has 2 aromatic carbocycles. The van der Waals surface area contributed by atoms with Crippen molar-refractivity contribution in [1.29, 1.82) is 0 Å². The van der Waals surface area contributed by atoms with Crippen LogP contribution in [0.15, 0.2) is 53.4 Å². The number of carbonyl (C=O) groups excluding carboxylic acids is 1. The molecule has 1 amide bonds. The van der Waals surface area contributed by atoms with Gasteiger partial charge in [0.15, 0.2) is 0 Å². The summed E-state index contributed by atoms with van der Waals surface area (Å²) in [6.07, 6.45) is 0. The number of fused-ring (bicyclic) bond motifs is 1. The van der Waals surface area contributed by atoms with Gasteiger partial charge < -0.3 is 0 Å². The van der Waals surface area contributed by atoms with Gasteiger partial charge in [0.05, 0.1) is 16.0 Å². The van der Waals surface area contributed by atoms with E-state index in [1.165, 1.54) is 36.4 Å². The highest BCUT2D eigenvalue weighted by molar-refractivity contribution is 7.89. The minimum Gasteiger partial charge on any atom is -0.273 e. The SMILES string of the molecule is Cc1ccc(S(=O)(=O)NNC(=O)c2cc(C)nc3ccc(F)cc23)cc1. The molecule has 0 fully saturated rings. The van der Waals surface area contributed by atoms with Crippen molar-refractivity contribution in [2.45, 2.75) is 18.7 Å². The quantitative estimate of drug-likeness (QED) is 0.688. The van der Waals surface area contributed by atoms with E-state index in [0.717, 1.165) is 5.56 Å². The number of hydrazine groups is 1. The molecular formula is C18H16FN3O3S. The van der Waals surface area contributed by atoms with Crippen molar-refractivity contribution in [3.63, 3.8) is 0 Å². The fraction of sp³-hybridized carbons (Fsp3) is 0.111. The van der Waals surface area contributed by atoms with Crippen molar-refractivity contribution in [3.8, 4) is 0 Å². The second-order valence-electron chi connectivity index (χ2n) is 5.85. The van der Waals surface area contributed by atoms with E-state index in [4.69, 9.17) is 0 Å². The molecular weight excluding hydrogens is 357 g/mol. The second-order valence-corrected chi connectivity index (χ2v) is 7.53. The number of pyridine rings is 1. The molecule has 0 saturated carbocycles. The highest BCUT2D eigenvalue weighted by atomic mass is 32.2. The van der Waals surface area contributed by atoms with Crippen molar-refractivity contribution in [2.24, 2.45) is 0 Å². The van der Waals surface area contributed by atoms with E-state index in [0.29, 0.717) is 16.6 Å². The minimum absolute atomic E-state index is 0.0187. The molecule has 3 aromatic rings. The molecule has 0 atom stereocenters. The Hall–Kier alpha value is -2.84. The lowest BCUT2D eigenvalue weighted by atomic mass is 10.1. The molecule has 8 heteroatoms. The Morgan fingerprint density at radius 2 is 1.73 bits per heavy atom. The lowest BCUT2D eigenvalue weighted by molar-refractivity contribution is 0.0946. The molecule has 0 aliphatic heterocycles. The number of carbonyl (C=O) groups is 1. The van der Waals surface area contributed by atoms with Crippen LogP contribution < -0.4 is 10.3 Å². The molecule has 0 aliphatic rings. The van der Waals surface area contributed by atoms with Crippen molar-refractivity contribution in [1.82, 2.24) is 15.2 Å². The third-order valence-electron chi connectivity index (χ3n) is 3.77. The molecule has 6 nitrogen and oxygen atoms in total. The number of aromatic nitrogens is 1. The van der Waals surface area contributed by atoms with Gasteiger partial charge in [-0.2, -0.15) is 0 Å². The van der Waals surface area contributed by atoms with Crippen LogP contribution in [0.5, 0.6) is 0 Å². The zero-order chi connectivity index (χ0) is 18.9. The maximum atomic E-state index is 13.5. The highest BCUT2D eigenvalue weighted by Gasteiger charge is 2.17. The van der Waals surface area contributed by atoms with Gasteiger partial charge in [-0.1, -0.05) is 17.7 Å². The average molecular weight is 373 g/mol. The van der Waals surface area contributed by atoms with Crippen LogP contribution in [0.1, 0.15) is 21.6 Å². The molecule has 134 valence electrons. The first-order valence-corrected chi connectivity index (χ1v) is 9.20. The number of benzene rings is 2. The van der Waals surface area contributed by atoms with Gasteiger partial charge in [0, 0.05) is 11.1 Å². The Bertz CT molecular complexity index is 1100. The molecule has 0 bridgehead atoms. The standard InChI is InChI=1S/C18H16FN3O3S/c1-11-3-6-14(7-4-11)26(24,25)22-21-18(23)16-9-12(2)20-17-8-5-13(19)10-15(16)17/h3-10,22H,1-2H3,(H,21,23). The predicted octanol–water partition coefficient (Wildman–Crippen LogP) is 2.61. The van der Waals surface area contributed by atoms with Gasteiger partial charge in [-0.25, -0.2) is 12.8 Å². The maximum Gasteiger partial charge on any atom is 0.266 e. The van der Waals surface area contributed by atoms with Crippen molar-refractivity contribution in [3.05, 3.63) is 71.2 Å². The van der Waals surface area contributed by atoms with E-state index in [2.05, 4.69) is 15.2 Å². The van der Waals surface area contributed by atoms with E-state index in [9.17, 15) is 17.6 Å². The van der Waals surface area contributed by atoms with E-state index in [1.807, 2.05) is 6.92 Å². The fourth-order valence-corrected chi connectivity index (χ4v) is 3.31. The van der Waals surface area contributed by atoms with Crippen LogP contribution in [-0.2, 0) is 10.0 Å². The van der Waals surface area contributed by atoms with Crippen LogP contribution in [-0.4, -0.2) is 19.3 Å². The summed E-state index contributed by atoms with van der Waals surface area (Å²) in [5.74, 6) is -1.22. The van der Waals surface area contributed by atoms with E-state index in [-0.39, 0.29) is 10.5 Å². The van der Waals surface area contributed by atoms with Gasteiger partial charge in [0.2, 0.25) is 0 Å². The lowest BCUT2D eigenvalue weighted by Gasteiger charge is -2.11. The molecule has 0 spiro atoms. The highest BCUT2D eigenvalue weighted by Crippen LogP contribution is 2.19. The van der Waals surface area contributed by atoms with E-state index >= 15 is 0 Å². The summed E-state index contributed by atoms with van der Waals surface area (Å²) in [4.78, 5) is 18.8. The van der Waals surface area contributed by atoms with Gasteiger partial charge in [-0.15, -0.1) is 4.83 Å². The second kappa shape index (κ2) is 6.81. The van der Waals surface area contributed by atoms with Gasteiger partial charge in [-0.05, 0) is 50.2 Å². The number of hydrogen-bond donors (Lipinski definition) is 2. The van der Waals surface area contributed by atoms with Gasteiger partial charge in [-0.3, -0.25) is 15.2 Å². The minimum atomic E-state index is -3.92. The molecule has 2 N–H and O–H groups in total. The number of amides is 1. The molecule has 0 aliphatic carbocycles. The zero-order valence-corrected chi connectivity index (χ0v) is 14.9. The lowest BCUT2D eigenvalue weighted by Crippen LogP contribution is -2.41. The molecule has 26 heavy (non-hydrogen) atoms. The number of aryl methyl sites for hydroxylation is 2. The van der Waals surface area contributed by atoms with Gasteiger partial charge >= 0.3 is 0 Å².